The molecular formula is C25H25N3O4S. The van der Waals surface area contributed by atoms with E-state index in [1.807, 2.05) is 11.4 Å². The van der Waals surface area contributed by atoms with Crippen molar-refractivity contribution < 1.29 is 19.1 Å². The van der Waals surface area contributed by atoms with Crippen LogP contribution in [0.1, 0.15) is 32.9 Å². The maximum absolute atomic E-state index is 13.0. The molecule has 2 N–H and O–H groups in total. The number of thiophene rings is 1. The first-order valence-corrected chi connectivity index (χ1v) is 11.6. The quantitative estimate of drug-likeness (QED) is 0.563. The van der Waals surface area contributed by atoms with Crippen LogP contribution in [0.3, 0.4) is 0 Å². The summed E-state index contributed by atoms with van der Waals surface area (Å²) >= 11 is 1.40. The van der Waals surface area contributed by atoms with Gasteiger partial charge in [-0.2, -0.15) is 0 Å². The lowest BCUT2D eigenvalue weighted by Crippen LogP contribution is -2.43. The standard InChI is InChI=1S/C25H25N3O4S/c1-32-19-9-4-8-18(15-19)26-24(30)20-10-2-3-11-21(20)27-23(29)17-7-5-13-28(16-17)25(31)22-12-6-14-33-22/h2-4,6,8-12,14-15,17H,5,7,13,16H2,1H3,(H,26,30)(H,27,29). The SMILES string of the molecule is COc1cccc(NC(=O)c2ccccc2NC(=O)C2CCCN(C(=O)c3cccs3)C2)c1. The molecule has 1 atom stereocenters. The van der Waals surface area contributed by atoms with Gasteiger partial charge in [-0.15, -0.1) is 11.3 Å². The Labute approximate surface area is 196 Å². The minimum absolute atomic E-state index is 0.0411. The molecule has 0 aliphatic carbocycles. The summed E-state index contributed by atoms with van der Waals surface area (Å²) in [6, 6.07) is 17.6. The normalized spacial score (nSPS) is 15.5. The lowest BCUT2D eigenvalue weighted by atomic mass is 9.96. The Hall–Kier alpha value is -3.65. The number of rotatable bonds is 6. The monoisotopic (exact) mass is 463 g/mol. The van der Waals surface area contributed by atoms with Gasteiger partial charge in [-0.1, -0.05) is 24.3 Å². The molecule has 1 aliphatic rings. The zero-order valence-corrected chi connectivity index (χ0v) is 19.1. The van der Waals surface area contributed by atoms with Gasteiger partial charge >= 0.3 is 0 Å². The summed E-state index contributed by atoms with van der Waals surface area (Å²) in [5.74, 6) is -0.274. The van der Waals surface area contributed by atoms with E-state index in [4.69, 9.17) is 4.74 Å². The number of para-hydroxylation sites is 1. The average molecular weight is 464 g/mol. The summed E-state index contributed by atoms with van der Waals surface area (Å²) in [5, 5.41) is 7.62. The number of nitrogens with one attached hydrogen (secondary N) is 2. The molecule has 1 aliphatic heterocycles. The van der Waals surface area contributed by atoms with Crippen molar-refractivity contribution in [3.8, 4) is 5.75 Å². The van der Waals surface area contributed by atoms with E-state index >= 15 is 0 Å². The molecule has 0 saturated carbocycles. The van der Waals surface area contributed by atoms with Gasteiger partial charge in [0.25, 0.3) is 11.8 Å². The largest absolute Gasteiger partial charge is 0.497 e. The van der Waals surface area contributed by atoms with E-state index in [1.165, 1.54) is 11.3 Å². The van der Waals surface area contributed by atoms with Crippen molar-refractivity contribution in [1.82, 2.24) is 4.90 Å². The highest BCUT2D eigenvalue weighted by Crippen LogP contribution is 2.24. The fourth-order valence-electron chi connectivity index (χ4n) is 3.86. The van der Waals surface area contributed by atoms with Crippen LogP contribution < -0.4 is 15.4 Å². The van der Waals surface area contributed by atoms with E-state index in [0.717, 1.165) is 6.42 Å². The van der Waals surface area contributed by atoms with Crippen molar-refractivity contribution in [3.05, 3.63) is 76.5 Å². The van der Waals surface area contributed by atoms with Crippen molar-refractivity contribution in [2.24, 2.45) is 5.92 Å². The minimum Gasteiger partial charge on any atom is -0.497 e. The van der Waals surface area contributed by atoms with E-state index in [9.17, 15) is 14.4 Å². The van der Waals surface area contributed by atoms with Crippen LogP contribution in [-0.4, -0.2) is 42.8 Å². The summed E-state index contributed by atoms with van der Waals surface area (Å²) in [5.41, 5.74) is 1.39. The summed E-state index contributed by atoms with van der Waals surface area (Å²) in [4.78, 5) is 41.1. The van der Waals surface area contributed by atoms with Crippen LogP contribution in [-0.2, 0) is 4.79 Å². The molecule has 1 fully saturated rings. The van der Waals surface area contributed by atoms with Crippen LogP contribution in [0.2, 0.25) is 0 Å². The fraction of sp³-hybridized carbons (Fsp3) is 0.240. The van der Waals surface area contributed by atoms with Gasteiger partial charge in [-0.3, -0.25) is 14.4 Å². The maximum Gasteiger partial charge on any atom is 0.263 e. The minimum atomic E-state index is -0.336. The smallest absolute Gasteiger partial charge is 0.263 e. The average Bonchev–Trinajstić information content (AvgIpc) is 3.39. The number of carbonyl (C=O) groups excluding carboxylic acids is 3. The predicted octanol–water partition coefficient (Wildman–Crippen LogP) is 4.50. The molecule has 1 aromatic heterocycles. The number of amides is 3. The van der Waals surface area contributed by atoms with Gasteiger partial charge in [0.1, 0.15) is 5.75 Å². The van der Waals surface area contributed by atoms with Gasteiger partial charge in [0, 0.05) is 24.8 Å². The third-order valence-electron chi connectivity index (χ3n) is 5.57. The number of carbonyl (C=O) groups is 3. The molecule has 1 unspecified atom stereocenters. The molecule has 3 amide bonds. The predicted molar refractivity (Wildman–Crippen MR) is 129 cm³/mol. The number of likely N-dealkylation sites (tertiary alicyclic amines) is 1. The molecule has 0 spiro atoms. The number of hydrogen-bond acceptors (Lipinski definition) is 5. The van der Waals surface area contributed by atoms with E-state index in [0.29, 0.717) is 47.1 Å². The molecule has 0 radical (unpaired) electrons. The second-order valence-electron chi connectivity index (χ2n) is 7.79. The zero-order valence-electron chi connectivity index (χ0n) is 18.2. The third-order valence-corrected chi connectivity index (χ3v) is 6.43. The number of methoxy groups -OCH3 is 1. The Morgan fingerprint density at radius 1 is 1.03 bits per heavy atom. The van der Waals surface area contributed by atoms with Crippen LogP contribution >= 0.6 is 11.3 Å². The molecule has 2 aromatic carbocycles. The van der Waals surface area contributed by atoms with Crippen molar-refractivity contribution in [1.29, 1.82) is 0 Å². The van der Waals surface area contributed by atoms with Gasteiger partial charge < -0.3 is 20.3 Å². The number of ether oxygens (including phenoxy) is 1. The lowest BCUT2D eigenvalue weighted by Gasteiger charge is -2.32. The Balaban J connectivity index is 1.44. The molecule has 2 heterocycles. The number of anilines is 2. The van der Waals surface area contributed by atoms with Gasteiger partial charge in [0.2, 0.25) is 5.91 Å². The number of hydrogen-bond donors (Lipinski definition) is 2. The maximum atomic E-state index is 13.0. The van der Waals surface area contributed by atoms with Gasteiger partial charge in [-0.25, -0.2) is 0 Å². The van der Waals surface area contributed by atoms with Gasteiger partial charge in [0.05, 0.1) is 29.2 Å². The van der Waals surface area contributed by atoms with Crippen molar-refractivity contribution in [2.75, 3.05) is 30.8 Å². The first-order valence-electron chi connectivity index (χ1n) is 10.7. The van der Waals surface area contributed by atoms with Crippen LogP contribution in [0.25, 0.3) is 0 Å². The summed E-state index contributed by atoms with van der Waals surface area (Å²) in [7, 11) is 1.56. The van der Waals surface area contributed by atoms with Crippen molar-refractivity contribution in [2.45, 2.75) is 12.8 Å². The first-order chi connectivity index (χ1) is 16.0. The molecule has 1 saturated heterocycles. The van der Waals surface area contributed by atoms with E-state index in [-0.39, 0.29) is 23.6 Å². The Morgan fingerprint density at radius 2 is 1.88 bits per heavy atom. The lowest BCUT2D eigenvalue weighted by molar-refractivity contribution is -0.121. The van der Waals surface area contributed by atoms with Crippen LogP contribution in [0.5, 0.6) is 5.75 Å². The van der Waals surface area contributed by atoms with Crippen LogP contribution in [0.15, 0.2) is 66.0 Å². The molecule has 170 valence electrons. The van der Waals surface area contributed by atoms with E-state index in [2.05, 4.69) is 10.6 Å². The fourth-order valence-corrected chi connectivity index (χ4v) is 4.55. The highest BCUT2D eigenvalue weighted by atomic mass is 32.1. The zero-order chi connectivity index (χ0) is 23.2. The molecular weight excluding hydrogens is 438 g/mol. The topological polar surface area (TPSA) is 87.7 Å². The van der Waals surface area contributed by atoms with Crippen LogP contribution in [0, 0.1) is 5.92 Å². The van der Waals surface area contributed by atoms with E-state index in [1.54, 1.807) is 66.6 Å². The highest BCUT2D eigenvalue weighted by molar-refractivity contribution is 7.12. The van der Waals surface area contributed by atoms with E-state index < -0.39 is 0 Å². The van der Waals surface area contributed by atoms with Gasteiger partial charge in [-0.05, 0) is 48.6 Å². The highest BCUT2D eigenvalue weighted by Gasteiger charge is 2.30. The number of benzene rings is 2. The summed E-state index contributed by atoms with van der Waals surface area (Å²) in [6.45, 7) is 1.00. The van der Waals surface area contributed by atoms with Crippen molar-refractivity contribution >= 4 is 40.4 Å². The molecule has 4 rings (SSSR count). The Kier molecular flexibility index (Phi) is 7.04. The number of nitrogens with zero attached hydrogens (tertiary/aromatic N) is 1. The molecule has 0 bridgehead atoms. The first kappa shape index (κ1) is 22.5. The van der Waals surface area contributed by atoms with Crippen LogP contribution in [0.4, 0.5) is 11.4 Å². The molecule has 3 aromatic rings. The number of piperidine rings is 1. The Morgan fingerprint density at radius 3 is 2.67 bits per heavy atom. The second-order valence-corrected chi connectivity index (χ2v) is 8.74. The Bertz CT molecular complexity index is 1150. The summed E-state index contributed by atoms with van der Waals surface area (Å²) in [6.07, 6.45) is 1.45. The molecule has 33 heavy (non-hydrogen) atoms. The molecule has 7 nitrogen and oxygen atoms in total. The third kappa shape index (κ3) is 5.40. The van der Waals surface area contributed by atoms with Gasteiger partial charge in [0.15, 0.2) is 0 Å². The van der Waals surface area contributed by atoms with Crippen molar-refractivity contribution in [3.63, 3.8) is 0 Å². The summed E-state index contributed by atoms with van der Waals surface area (Å²) < 4.78 is 5.20. The molecule has 8 heteroatoms. The second kappa shape index (κ2) is 10.3.